The lowest BCUT2D eigenvalue weighted by molar-refractivity contribution is -0.118. The molecule has 1 saturated carbocycles. The summed E-state index contributed by atoms with van der Waals surface area (Å²) in [5.41, 5.74) is -0.563. The summed E-state index contributed by atoms with van der Waals surface area (Å²) >= 11 is 5.86. The van der Waals surface area contributed by atoms with E-state index in [9.17, 15) is 29.4 Å². The SMILES string of the molecule is CC(C)C(=O)Nc1nc2c(ncn2[C@@H]2O[C@H](CO)[C@@H](C)[C@H]2OP(=S)(OCCC#N)OC[C@H]2C[C@@H](Nc3ccncn3)C[C@@H]2O[P+](=O)O)c(=O)[nH]1. The van der Waals surface area contributed by atoms with E-state index in [1.54, 1.807) is 33.0 Å². The number of ether oxygens (including phenoxy) is 1. The summed E-state index contributed by atoms with van der Waals surface area (Å²) in [6, 6.07) is 3.50. The number of nitrogens with zero attached hydrogens (tertiary/aromatic N) is 6. The van der Waals surface area contributed by atoms with Crippen LogP contribution in [0.4, 0.5) is 11.8 Å². The Labute approximate surface area is 292 Å². The maximum absolute atomic E-state index is 12.9. The number of amides is 1. The Bertz CT molecular complexity index is 1810. The standard InChI is InChI=1S/C28H37N9O10P2S/c1-15(2)25(39)35-28-34-24-22(26(40)36-28)32-14-37(24)27-23(16(3)20(11-38)45-27)47-49(50,43-8-4-6-29)44-12-17-9-18(10-19(17)46-48(41)42)33-21-5-7-30-13-31-21/h5,7,13-20,23,27,38H,4,8-12H2,1-3H3,(H3-,30,31,33,34,35,36,39,40,41,42)/p+1/t16-,17-,18-,19+,20-,23-,27-,49?/m1/s1. The number of aliphatic hydroxyl groups excluding tert-OH is 1. The number of H-pyrrole nitrogens is 1. The highest BCUT2D eigenvalue weighted by Gasteiger charge is 2.48. The Hall–Kier alpha value is -3.34. The van der Waals surface area contributed by atoms with Gasteiger partial charge in [0.2, 0.25) is 11.9 Å². The predicted molar refractivity (Wildman–Crippen MR) is 180 cm³/mol. The molecule has 50 heavy (non-hydrogen) atoms. The summed E-state index contributed by atoms with van der Waals surface area (Å²) in [6.07, 6.45) is 1.72. The van der Waals surface area contributed by atoms with E-state index in [1.165, 1.54) is 17.2 Å². The van der Waals surface area contributed by atoms with Gasteiger partial charge in [-0.15, -0.1) is 9.42 Å². The van der Waals surface area contributed by atoms with Gasteiger partial charge in [0.05, 0.1) is 44.7 Å². The molecule has 270 valence electrons. The molecule has 1 aliphatic carbocycles. The Morgan fingerprint density at radius 1 is 1.34 bits per heavy atom. The monoisotopic (exact) mass is 754 g/mol. The number of rotatable bonds is 16. The highest BCUT2D eigenvalue weighted by molar-refractivity contribution is 8.07. The Kier molecular flexibility index (Phi) is 12.7. The fraction of sp³-hybridized carbons (Fsp3) is 0.607. The lowest BCUT2D eigenvalue weighted by Crippen LogP contribution is -2.29. The molecule has 5 N–H and O–H groups in total. The second-order valence-electron chi connectivity index (χ2n) is 12.1. The lowest BCUT2D eigenvalue weighted by atomic mass is 10.0. The highest BCUT2D eigenvalue weighted by Crippen LogP contribution is 2.56. The summed E-state index contributed by atoms with van der Waals surface area (Å²) in [4.78, 5) is 54.0. The van der Waals surface area contributed by atoms with Gasteiger partial charge >= 0.3 is 15.0 Å². The summed E-state index contributed by atoms with van der Waals surface area (Å²) in [5.74, 6) is -1.19. The van der Waals surface area contributed by atoms with E-state index in [2.05, 4.69) is 35.6 Å². The van der Waals surface area contributed by atoms with E-state index < -0.39 is 56.9 Å². The molecule has 1 aliphatic heterocycles. The number of hydrogen-bond acceptors (Lipinski definition) is 16. The minimum Gasteiger partial charge on any atom is -0.394 e. The molecule has 0 spiro atoms. The minimum absolute atomic E-state index is 0.0146. The van der Waals surface area contributed by atoms with Gasteiger partial charge in [0.25, 0.3) is 5.56 Å². The van der Waals surface area contributed by atoms with Crippen molar-refractivity contribution < 1.29 is 42.2 Å². The maximum Gasteiger partial charge on any atom is 0.695 e. The molecule has 5 rings (SSSR count). The largest absolute Gasteiger partial charge is 0.695 e. The van der Waals surface area contributed by atoms with Crippen LogP contribution in [-0.4, -0.2) is 89.6 Å². The fourth-order valence-electron chi connectivity index (χ4n) is 5.71. The average Bonchev–Trinajstić information content (AvgIpc) is 3.75. The molecule has 3 aromatic rings. The van der Waals surface area contributed by atoms with Crippen molar-refractivity contribution in [3.8, 4) is 6.07 Å². The molecule has 0 aromatic carbocycles. The van der Waals surface area contributed by atoms with E-state index >= 15 is 0 Å². The van der Waals surface area contributed by atoms with Gasteiger partial charge in [-0.3, -0.25) is 24.5 Å². The predicted octanol–water partition coefficient (Wildman–Crippen LogP) is 2.51. The van der Waals surface area contributed by atoms with Crippen molar-refractivity contribution in [1.82, 2.24) is 29.5 Å². The van der Waals surface area contributed by atoms with Crippen LogP contribution in [0.1, 0.15) is 46.3 Å². The normalized spacial score (nSPS) is 26.5. The third-order valence-electron chi connectivity index (χ3n) is 8.30. The van der Waals surface area contributed by atoms with Gasteiger partial charge < -0.3 is 28.7 Å². The van der Waals surface area contributed by atoms with Gasteiger partial charge in [-0.05, 0) is 30.7 Å². The molecule has 3 aromatic heterocycles. The first-order chi connectivity index (χ1) is 23.9. The molecule has 0 radical (unpaired) electrons. The van der Waals surface area contributed by atoms with Crippen LogP contribution in [0.5, 0.6) is 0 Å². The first kappa shape index (κ1) is 37.9. The van der Waals surface area contributed by atoms with E-state index in [0.29, 0.717) is 18.7 Å². The Morgan fingerprint density at radius 2 is 2.14 bits per heavy atom. The van der Waals surface area contributed by atoms with Gasteiger partial charge in [-0.25, -0.2) is 15.0 Å². The number of fused-ring (bicyclic) bond motifs is 1. The van der Waals surface area contributed by atoms with Gasteiger partial charge in [0, 0.05) is 34.6 Å². The number of aromatic amines is 1. The third kappa shape index (κ3) is 9.11. The quantitative estimate of drug-likeness (QED) is 0.104. The molecule has 0 bridgehead atoms. The highest BCUT2D eigenvalue weighted by atomic mass is 32.5. The number of nitriles is 1. The maximum atomic E-state index is 12.9. The van der Waals surface area contributed by atoms with Crippen LogP contribution < -0.4 is 16.2 Å². The molecule has 2 unspecified atom stereocenters. The number of carbonyl (C=O) groups excluding carboxylic acids is 1. The van der Waals surface area contributed by atoms with Crippen LogP contribution in [0, 0.1) is 29.1 Å². The molecular formula is C28H38N9O10P2S+. The average molecular weight is 755 g/mol. The van der Waals surface area contributed by atoms with Crippen LogP contribution in [0.15, 0.2) is 29.7 Å². The van der Waals surface area contributed by atoms with Crippen molar-refractivity contribution in [3.63, 3.8) is 0 Å². The van der Waals surface area contributed by atoms with Gasteiger partial charge in [-0.1, -0.05) is 20.8 Å². The number of aliphatic hydroxyl groups is 1. The fourth-order valence-corrected chi connectivity index (χ4v) is 8.39. The molecule has 2 fully saturated rings. The molecule has 22 heteroatoms. The van der Waals surface area contributed by atoms with E-state index in [1.807, 2.05) is 6.07 Å². The smallest absolute Gasteiger partial charge is 0.394 e. The number of hydrogen-bond donors (Lipinski definition) is 5. The molecular weight excluding hydrogens is 716 g/mol. The molecule has 2 aliphatic rings. The zero-order chi connectivity index (χ0) is 36.0. The van der Waals surface area contributed by atoms with Crippen molar-refractivity contribution >= 4 is 55.6 Å². The van der Waals surface area contributed by atoms with E-state index in [-0.39, 0.29) is 61.2 Å². The number of aromatic nitrogens is 6. The summed E-state index contributed by atoms with van der Waals surface area (Å²) in [5, 5.41) is 25.2. The minimum atomic E-state index is -3.71. The van der Waals surface area contributed by atoms with Crippen LogP contribution in [0.25, 0.3) is 11.2 Å². The second kappa shape index (κ2) is 16.8. The van der Waals surface area contributed by atoms with Crippen molar-refractivity contribution in [3.05, 3.63) is 35.3 Å². The zero-order valence-corrected chi connectivity index (χ0v) is 29.9. The number of imidazole rings is 1. The molecule has 1 amide bonds. The van der Waals surface area contributed by atoms with Crippen molar-refractivity contribution in [2.75, 3.05) is 30.5 Å². The topological polar surface area (TPSA) is 258 Å². The molecule has 4 heterocycles. The van der Waals surface area contributed by atoms with Gasteiger partial charge in [0.15, 0.2) is 17.4 Å². The van der Waals surface area contributed by atoms with Crippen molar-refractivity contribution in [2.24, 2.45) is 17.8 Å². The van der Waals surface area contributed by atoms with Crippen LogP contribution in [-0.2, 0) is 44.0 Å². The van der Waals surface area contributed by atoms with Crippen molar-refractivity contribution in [1.29, 1.82) is 5.26 Å². The molecule has 19 nitrogen and oxygen atoms in total. The summed E-state index contributed by atoms with van der Waals surface area (Å²) in [6.45, 7) is 0.865. The Balaban J connectivity index is 1.40. The number of carbonyl (C=O) groups is 1. The zero-order valence-electron chi connectivity index (χ0n) is 27.3. The Morgan fingerprint density at radius 3 is 2.82 bits per heavy atom. The van der Waals surface area contributed by atoms with Crippen LogP contribution in [0.3, 0.4) is 0 Å². The molecule has 9 atom stereocenters. The lowest BCUT2D eigenvalue weighted by Gasteiger charge is -2.30. The summed E-state index contributed by atoms with van der Waals surface area (Å²) in [7, 11) is -2.92. The molecule has 1 saturated heterocycles. The number of nitrogens with one attached hydrogen (secondary N) is 3. The first-order valence-corrected chi connectivity index (χ1v) is 19.4. The number of anilines is 2. The van der Waals surface area contributed by atoms with Gasteiger partial charge in [0.1, 0.15) is 24.4 Å². The van der Waals surface area contributed by atoms with Gasteiger partial charge in [-0.2, -0.15) is 10.2 Å². The third-order valence-corrected chi connectivity index (χ3v) is 11.1. The van der Waals surface area contributed by atoms with Crippen LogP contribution >= 0.6 is 15.0 Å². The van der Waals surface area contributed by atoms with Crippen molar-refractivity contribution in [2.45, 2.75) is 70.6 Å². The summed E-state index contributed by atoms with van der Waals surface area (Å²) < 4.78 is 43.3. The second-order valence-corrected chi connectivity index (χ2v) is 15.7. The van der Waals surface area contributed by atoms with E-state index in [4.69, 9.17) is 34.6 Å². The van der Waals surface area contributed by atoms with Crippen LogP contribution in [0.2, 0.25) is 0 Å². The first-order valence-electron chi connectivity index (χ1n) is 15.7. The van der Waals surface area contributed by atoms with E-state index in [0.717, 1.165) is 0 Å².